The van der Waals surface area contributed by atoms with Crippen LogP contribution in [-0.4, -0.2) is 22.4 Å². The Hall–Kier alpha value is -1.33. The topological polar surface area (TPSA) is 44.1 Å². The smallest absolute Gasteiger partial charge is 0.339 e. The number of aromatic nitrogens is 2. The predicted molar refractivity (Wildman–Crippen MR) is 77.0 cm³/mol. The van der Waals surface area contributed by atoms with Gasteiger partial charge in [-0.15, -0.1) is 0 Å². The van der Waals surface area contributed by atoms with E-state index in [0.717, 1.165) is 15.9 Å². The summed E-state index contributed by atoms with van der Waals surface area (Å²) in [5.41, 5.74) is 1.96. The lowest BCUT2D eigenvalue weighted by molar-refractivity contribution is 0.0526. The quantitative estimate of drug-likeness (QED) is 0.797. The van der Waals surface area contributed by atoms with Crippen LogP contribution < -0.4 is 0 Å². The Labute approximate surface area is 124 Å². The molecule has 1 aromatic heterocycles. The highest BCUT2D eigenvalue weighted by Gasteiger charge is 2.13. The summed E-state index contributed by atoms with van der Waals surface area (Å²) >= 11 is 9.41. The van der Waals surface area contributed by atoms with Gasteiger partial charge in [-0.1, -0.05) is 11.6 Å². The maximum absolute atomic E-state index is 11.8. The molecule has 0 spiro atoms. The maximum atomic E-state index is 11.8. The molecule has 0 fully saturated rings. The molecule has 0 bridgehead atoms. The number of nitrogens with zero attached hydrogens (tertiary/aromatic N) is 2. The van der Waals surface area contributed by atoms with Crippen LogP contribution in [0.15, 0.2) is 28.9 Å². The van der Waals surface area contributed by atoms with E-state index in [0.29, 0.717) is 17.2 Å². The third-order valence-corrected chi connectivity index (χ3v) is 3.66. The van der Waals surface area contributed by atoms with Crippen LogP contribution in [0.1, 0.15) is 23.0 Å². The van der Waals surface area contributed by atoms with Crippen LogP contribution in [0.2, 0.25) is 5.02 Å². The van der Waals surface area contributed by atoms with Crippen molar-refractivity contribution in [2.75, 3.05) is 6.61 Å². The fourth-order valence-corrected chi connectivity index (χ4v) is 2.06. The van der Waals surface area contributed by atoms with E-state index in [9.17, 15) is 4.79 Å². The zero-order valence-electron chi connectivity index (χ0n) is 10.5. The van der Waals surface area contributed by atoms with Gasteiger partial charge in [0.2, 0.25) is 0 Å². The SMILES string of the molecule is CCOC(=O)c1cc(-n2cc(Br)c(C)n2)ccc1Cl. The van der Waals surface area contributed by atoms with Crippen molar-refractivity contribution in [2.24, 2.45) is 0 Å². The van der Waals surface area contributed by atoms with Crippen molar-refractivity contribution in [1.29, 1.82) is 0 Å². The first-order valence-corrected chi connectivity index (χ1v) is 6.89. The fraction of sp³-hybridized carbons (Fsp3) is 0.231. The molecule has 100 valence electrons. The number of benzene rings is 1. The molecule has 0 aliphatic carbocycles. The van der Waals surface area contributed by atoms with Gasteiger partial charge in [0.15, 0.2) is 0 Å². The largest absolute Gasteiger partial charge is 0.462 e. The number of aryl methyl sites for hydroxylation is 1. The Morgan fingerprint density at radius 2 is 2.26 bits per heavy atom. The zero-order chi connectivity index (χ0) is 14.0. The lowest BCUT2D eigenvalue weighted by Crippen LogP contribution is -2.07. The van der Waals surface area contributed by atoms with Crippen molar-refractivity contribution in [3.63, 3.8) is 0 Å². The molecular formula is C13H12BrClN2O2. The van der Waals surface area contributed by atoms with Gasteiger partial charge in [-0.25, -0.2) is 9.48 Å². The second-order valence-electron chi connectivity index (χ2n) is 3.89. The third kappa shape index (κ3) is 2.98. The number of carbonyl (C=O) groups is 1. The Bertz CT molecular complexity index is 606. The summed E-state index contributed by atoms with van der Waals surface area (Å²) < 4.78 is 7.55. The molecule has 0 aliphatic heterocycles. The minimum absolute atomic E-state index is 0.311. The number of rotatable bonds is 3. The van der Waals surface area contributed by atoms with Crippen LogP contribution in [0.25, 0.3) is 5.69 Å². The van der Waals surface area contributed by atoms with Crippen molar-refractivity contribution in [3.8, 4) is 5.69 Å². The van der Waals surface area contributed by atoms with Gasteiger partial charge >= 0.3 is 5.97 Å². The molecule has 0 aliphatic rings. The number of ether oxygens (including phenoxy) is 1. The molecular weight excluding hydrogens is 332 g/mol. The van der Waals surface area contributed by atoms with E-state index in [1.165, 1.54) is 0 Å². The van der Waals surface area contributed by atoms with E-state index in [1.807, 2.05) is 13.1 Å². The van der Waals surface area contributed by atoms with Gasteiger partial charge in [0.05, 0.1) is 33.0 Å². The minimum Gasteiger partial charge on any atom is -0.462 e. The molecule has 2 rings (SSSR count). The van der Waals surface area contributed by atoms with Crippen LogP contribution >= 0.6 is 27.5 Å². The van der Waals surface area contributed by atoms with E-state index < -0.39 is 5.97 Å². The monoisotopic (exact) mass is 342 g/mol. The third-order valence-electron chi connectivity index (χ3n) is 2.55. The van der Waals surface area contributed by atoms with Gasteiger partial charge in [-0.3, -0.25) is 0 Å². The molecule has 0 saturated carbocycles. The van der Waals surface area contributed by atoms with Gasteiger partial charge in [0.25, 0.3) is 0 Å². The average Bonchev–Trinajstić information content (AvgIpc) is 2.70. The molecule has 0 atom stereocenters. The van der Waals surface area contributed by atoms with Gasteiger partial charge < -0.3 is 4.74 Å². The molecule has 6 heteroatoms. The van der Waals surface area contributed by atoms with Crippen LogP contribution in [0.4, 0.5) is 0 Å². The minimum atomic E-state index is -0.433. The van der Waals surface area contributed by atoms with Crippen molar-refractivity contribution in [3.05, 3.63) is 45.1 Å². The standard InChI is InChI=1S/C13H12BrClN2O2/c1-3-19-13(18)10-6-9(4-5-12(10)15)17-7-11(14)8(2)16-17/h4-7H,3H2,1-2H3. The fourth-order valence-electron chi connectivity index (χ4n) is 1.59. The molecule has 4 nitrogen and oxygen atoms in total. The summed E-state index contributed by atoms with van der Waals surface area (Å²) in [5, 5.41) is 4.70. The lowest BCUT2D eigenvalue weighted by atomic mass is 10.2. The molecule has 0 saturated heterocycles. The summed E-state index contributed by atoms with van der Waals surface area (Å²) in [6.45, 7) is 3.96. The molecule has 0 unspecified atom stereocenters. The summed E-state index contributed by atoms with van der Waals surface area (Å²) in [7, 11) is 0. The van der Waals surface area contributed by atoms with Crippen molar-refractivity contribution in [2.45, 2.75) is 13.8 Å². The van der Waals surface area contributed by atoms with Crippen LogP contribution in [0.5, 0.6) is 0 Å². The van der Waals surface area contributed by atoms with E-state index in [4.69, 9.17) is 16.3 Å². The van der Waals surface area contributed by atoms with E-state index in [1.54, 1.807) is 29.8 Å². The van der Waals surface area contributed by atoms with Gasteiger partial charge in [-0.05, 0) is 48.0 Å². The van der Waals surface area contributed by atoms with Gasteiger partial charge in [-0.2, -0.15) is 5.10 Å². The molecule has 0 amide bonds. The Morgan fingerprint density at radius 1 is 1.53 bits per heavy atom. The number of halogens is 2. The second-order valence-corrected chi connectivity index (χ2v) is 5.15. The van der Waals surface area contributed by atoms with E-state index in [-0.39, 0.29) is 0 Å². The first-order valence-electron chi connectivity index (χ1n) is 5.71. The summed E-state index contributed by atoms with van der Waals surface area (Å²) in [6, 6.07) is 5.12. The molecule has 19 heavy (non-hydrogen) atoms. The normalized spacial score (nSPS) is 10.5. The predicted octanol–water partition coefficient (Wildman–Crippen LogP) is 3.77. The Kier molecular flexibility index (Phi) is 4.27. The zero-order valence-corrected chi connectivity index (χ0v) is 12.8. The lowest BCUT2D eigenvalue weighted by Gasteiger charge is -2.07. The summed E-state index contributed by atoms with van der Waals surface area (Å²) in [5.74, 6) is -0.433. The van der Waals surface area contributed by atoms with Crippen molar-refractivity contribution < 1.29 is 9.53 Å². The van der Waals surface area contributed by atoms with Crippen LogP contribution in [-0.2, 0) is 4.74 Å². The number of hydrogen-bond acceptors (Lipinski definition) is 3. The average molecular weight is 344 g/mol. The first-order chi connectivity index (χ1) is 9.02. The molecule has 0 radical (unpaired) electrons. The number of carbonyl (C=O) groups excluding carboxylic acids is 1. The highest BCUT2D eigenvalue weighted by molar-refractivity contribution is 9.10. The highest BCUT2D eigenvalue weighted by Crippen LogP contribution is 2.22. The van der Waals surface area contributed by atoms with Crippen molar-refractivity contribution in [1.82, 2.24) is 9.78 Å². The highest BCUT2D eigenvalue weighted by atomic mass is 79.9. The van der Waals surface area contributed by atoms with Gasteiger partial charge in [0, 0.05) is 6.20 Å². The Balaban J connectivity index is 2.43. The van der Waals surface area contributed by atoms with E-state index >= 15 is 0 Å². The summed E-state index contributed by atoms with van der Waals surface area (Å²) in [4.78, 5) is 11.8. The Morgan fingerprint density at radius 3 is 2.84 bits per heavy atom. The summed E-state index contributed by atoms with van der Waals surface area (Å²) in [6.07, 6.45) is 1.83. The maximum Gasteiger partial charge on any atom is 0.339 e. The van der Waals surface area contributed by atoms with E-state index in [2.05, 4.69) is 21.0 Å². The molecule has 1 heterocycles. The number of hydrogen-bond donors (Lipinski definition) is 0. The molecule has 2 aromatic rings. The van der Waals surface area contributed by atoms with Gasteiger partial charge in [0.1, 0.15) is 0 Å². The first kappa shape index (κ1) is 14.1. The second kappa shape index (κ2) is 5.75. The molecule has 1 aromatic carbocycles. The van der Waals surface area contributed by atoms with Crippen LogP contribution in [0.3, 0.4) is 0 Å². The number of esters is 1. The molecule has 0 N–H and O–H groups in total. The van der Waals surface area contributed by atoms with Crippen molar-refractivity contribution >= 4 is 33.5 Å². The van der Waals surface area contributed by atoms with Crippen LogP contribution in [0, 0.1) is 6.92 Å².